The van der Waals surface area contributed by atoms with E-state index in [1.807, 2.05) is 0 Å². The molecule has 1 rings (SSSR count). The van der Waals surface area contributed by atoms with Gasteiger partial charge in [0.05, 0.1) is 12.0 Å². The highest BCUT2D eigenvalue weighted by Crippen LogP contribution is 2.22. The van der Waals surface area contributed by atoms with Crippen LogP contribution in [0.1, 0.15) is 20.3 Å². The molecule has 0 aromatic carbocycles. The van der Waals surface area contributed by atoms with Crippen LogP contribution in [0.4, 0.5) is 0 Å². The van der Waals surface area contributed by atoms with Crippen LogP contribution in [0, 0.1) is 5.41 Å². The standard InChI is InChI=1S/C10H18N2O4/c1-9(2,5-11)7(13)12-10(8(14)15)3-4-16-6-10/h3-6,11H2,1-2H3,(H,12,13)(H,14,15). The maximum absolute atomic E-state index is 11.9. The molecule has 1 saturated heterocycles. The number of nitrogens with two attached hydrogens (primary N) is 1. The molecule has 1 unspecified atom stereocenters. The Morgan fingerprint density at radius 3 is 2.56 bits per heavy atom. The number of ether oxygens (including phenoxy) is 1. The Labute approximate surface area is 94.1 Å². The summed E-state index contributed by atoms with van der Waals surface area (Å²) in [5.74, 6) is -1.42. The monoisotopic (exact) mass is 230 g/mol. The van der Waals surface area contributed by atoms with E-state index in [1.54, 1.807) is 13.8 Å². The van der Waals surface area contributed by atoms with Crippen molar-refractivity contribution in [3.63, 3.8) is 0 Å². The molecule has 1 amide bonds. The average molecular weight is 230 g/mol. The molecule has 1 heterocycles. The second kappa shape index (κ2) is 4.39. The van der Waals surface area contributed by atoms with Crippen LogP contribution in [0.25, 0.3) is 0 Å². The lowest BCUT2D eigenvalue weighted by molar-refractivity contribution is -0.149. The van der Waals surface area contributed by atoms with Crippen molar-refractivity contribution in [3.05, 3.63) is 0 Å². The number of nitrogens with one attached hydrogen (secondary N) is 1. The summed E-state index contributed by atoms with van der Waals surface area (Å²) in [4.78, 5) is 23.0. The highest BCUT2D eigenvalue weighted by molar-refractivity contribution is 5.90. The van der Waals surface area contributed by atoms with Crippen molar-refractivity contribution in [2.75, 3.05) is 19.8 Å². The number of rotatable bonds is 4. The number of aliphatic carboxylic acids is 1. The second-order valence-electron chi connectivity index (χ2n) is 4.73. The quantitative estimate of drug-likeness (QED) is 0.594. The van der Waals surface area contributed by atoms with Gasteiger partial charge in [-0.05, 0) is 13.8 Å². The van der Waals surface area contributed by atoms with Crippen molar-refractivity contribution < 1.29 is 19.4 Å². The summed E-state index contributed by atoms with van der Waals surface area (Å²) < 4.78 is 5.04. The molecule has 0 aromatic rings. The zero-order valence-electron chi connectivity index (χ0n) is 9.58. The highest BCUT2D eigenvalue weighted by atomic mass is 16.5. The van der Waals surface area contributed by atoms with E-state index in [9.17, 15) is 9.59 Å². The minimum atomic E-state index is -1.29. The molecule has 4 N–H and O–H groups in total. The van der Waals surface area contributed by atoms with Gasteiger partial charge in [-0.2, -0.15) is 0 Å². The summed E-state index contributed by atoms with van der Waals surface area (Å²) in [6, 6.07) is 0. The number of hydrogen-bond acceptors (Lipinski definition) is 4. The van der Waals surface area contributed by atoms with E-state index in [0.717, 1.165) is 0 Å². The van der Waals surface area contributed by atoms with Gasteiger partial charge >= 0.3 is 5.97 Å². The van der Waals surface area contributed by atoms with Gasteiger partial charge in [-0.1, -0.05) is 0 Å². The first kappa shape index (κ1) is 12.9. The molecule has 0 saturated carbocycles. The number of hydrogen-bond donors (Lipinski definition) is 3. The molecule has 1 atom stereocenters. The fourth-order valence-corrected chi connectivity index (χ4v) is 1.36. The predicted molar refractivity (Wildman–Crippen MR) is 56.8 cm³/mol. The fourth-order valence-electron chi connectivity index (χ4n) is 1.36. The fraction of sp³-hybridized carbons (Fsp3) is 0.800. The molecule has 16 heavy (non-hydrogen) atoms. The summed E-state index contributed by atoms with van der Waals surface area (Å²) in [6.07, 6.45) is 0.286. The van der Waals surface area contributed by atoms with Gasteiger partial charge in [-0.15, -0.1) is 0 Å². The topological polar surface area (TPSA) is 102 Å². The van der Waals surface area contributed by atoms with Crippen LogP contribution in [0.3, 0.4) is 0 Å². The molecule has 1 aliphatic rings. The smallest absolute Gasteiger partial charge is 0.331 e. The molecular formula is C10H18N2O4. The van der Waals surface area contributed by atoms with Gasteiger partial charge in [0.25, 0.3) is 0 Å². The van der Waals surface area contributed by atoms with E-state index in [0.29, 0.717) is 6.61 Å². The Bertz CT molecular complexity index is 295. The summed E-state index contributed by atoms with van der Waals surface area (Å²) in [6.45, 7) is 3.86. The summed E-state index contributed by atoms with van der Waals surface area (Å²) in [7, 11) is 0. The first-order valence-corrected chi connectivity index (χ1v) is 5.18. The molecule has 0 aromatic heterocycles. The first-order chi connectivity index (χ1) is 7.34. The largest absolute Gasteiger partial charge is 0.479 e. The zero-order valence-corrected chi connectivity index (χ0v) is 9.58. The summed E-state index contributed by atoms with van der Waals surface area (Å²) in [5.41, 5.74) is 3.40. The van der Waals surface area contributed by atoms with Gasteiger partial charge in [0.1, 0.15) is 0 Å². The van der Waals surface area contributed by atoms with Gasteiger partial charge < -0.3 is 20.9 Å². The van der Waals surface area contributed by atoms with Crippen LogP contribution in [-0.4, -0.2) is 42.3 Å². The third-order valence-electron chi connectivity index (χ3n) is 2.91. The number of carbonyl (C=O) groups is 2. The number of amides is 1. The second-order valence-corrected chi connectivity index (χ2v) is 4.73. The summed E-state index contributed by atoms with van der Waals surface area (Å²) in [5, 5.41) is 11.7. The van der Waals surface area contributed by atoms with E-state index in [-0.39, 0.29) is 25.5 Å². The molecule has 6 nitrogen and oxygen atoms in total. The third-order valence-corrected chi connectivity index (χ3v) is 2.91. The minimum absolute atomic E-state index is 0.00866. The van der Waals surface area contributed by atoms with Crippen LogP contribution in [0.2, 0.25) is 0 Å². The maximum atomic E-state index is 11.9. The highest BCUT2D eigenvalue weighted by Gasteiger charge is 2.45. The lowest BCUT2D eigenvalue weighted by Gasteiger charge is -2.29. The van der Waals surface area contributed by atoms with E-state index in [1.165, 1.54) is 0 Å². The molecular weight excluding hydrogens is 212 g/mol. The lowest BCUT2D eigenvalue weighted by Crippen LogP contribution is -2.58. The predicted octanol–water partition coefficient (Wildman–Crippen LogP) is -0.669. The number of carboxylic acids is 1. The van der Waals surface area contributed by atoms with Crippen molar-refractivity contribution in [1.82, 2.24) is 5.32 Å². The van der Waals surface area contributed by atoms with Crippen molar-refractivity contribution in [2.24, 2.45) is 11.1 Å². The van der Waals surface area contributed by atoms with Crippen molar-refractivity contribution in [2.45, 2.75) is 25.8 Å². The normalized spacial score (nSPS) is 25.4. The van der Waals surface area contributed by atoms with Crippen LogP contribution in [-0.2, 0) is 14.3 Å². The first-order valence-electron chi connectivity index (χ1n) is 5.18. The van der Waals surface area contributed by atoms with E-state index in [4.69, 9.17) is 15.6 Å². The number of carboxylic acid groups (broad SMARTS) is 1. The zero-order chi connectivity index (χ0) is 12.4. The van der Waals surface area contributed by atoms with Crippen LogP contribution < -0.4 is 11.1 Å². The number of carbonyl (C=O) groups excluding carboxylic acids is 1. The molecule has 6 heteroatoms. The molecule has 0 bridgehead atoms. The average Bonchev–Trinajstić information content (AvgIpc) is 2.67. The maximum Gasteiger partial charge on any atom is 0.331 e. The Morgan fingerprint density at radius 2 is 2.19 bits per heavy atom. The lowest BCUT2D eigenvalue weighted by atomic mass is 9.89. The molecule has 92 valence electrons. The van der Waals surface area contributed by atoms with Gasteiger partial charge in [0.2, 0.25) is 5.91 Å². The van der Waals surface area contributed by atoms with Crippen molar-refractivity contribution in [1.29, 1.82) is 0 Å². The van der Waals surface area contributed by atoms with Crippen molar-refractivity contribution >= 4 is 11.9 Å². The van der Waals surface area contributed by atoms with Gasteiger partial charge in [0.15, 0.2) is 5.54 Å². The van der Waals surface area contributed by atoms with E-state index in [2.05, 4.69) is 5.32 Å². The Kier molecular flexibility index (Phi) is 3.54. The molecule has 0 radical (unpaired) electrons. The molecule has 1 fully saturated rings. The van der Waals surface area contributed by atoms with E-state index >= 15 is 0 Å². The van der Waals surface area contributed by atoms with Gasteiger partial charge in [-0.3, -0.25) is 4.79 Å². The Morgan fingerprint density at radius 1 is 1.56 bits per heavy atom. The Hall–Kier alpha value is -1.14. The van der Waals surface area contributed by atoms with Crippen molar-refractivity contribution in [3.8, 4) is 0 Å². The SMILES string of the molecule is CC(C)(CN)C(=O)NC1(C(=O)O)CCOC1. The van der Waals surface area contributed by atoms with Gasteiger partial charge in [0, 0.05) is 19.6 Å². The molecule has 0 aliphatic carbocycles. The minimum Gasteiger partial charge on any atom is -0.479 e. The third kappa shape index (κ3) is 2.33. The van der Waals surface area contributed by atoms with Crippen LogP contribution in [0.5, 0.6) is 0 Å². The van der Waals surface area contributed by atoms with Crippen LogP contribution in [0.15, 0.2) is 0 Å². The summed E-state index contributed by atoms with van der Waals surface area (Å²) >= 11 is 0. The molecule has 0 spiro atoms. The van der Waals surface area contributed by atoms with Gasteiger partial charge in [-0.25, -0.2) is 4.79 Å². The van der Waals surface area contributed by atoms with E-state index < -0.39 is 16.9 Å². The van der Waals surface area contributed by atoms with Crippen LogP contribution >= 0.6 is 0 Å². The molecule has 1 aliphatic heterocycles. The Balaban J connectivity index is 2.78.